The Morgan fingerprint density at radius 2 is 2.14 bits per heavy atom. The first-order valence-corrected chi connectivity index (χ1v) is 9.21. The summed E-state index contributed by atoms with van der Waals surface area (Å²) in [6, 6.07) is 10.8. The Morgan fingerprint density at radius 1 is 1.36 bits per heavy atom. The third kappa shape index (κ3) is 6.36. The van der Waals surface area contributed by atoms with Gasteiger partial charge in [-0.2, -0.15) is 11.8 Å². The van der Waals surface area contributed by atoms with E-state index in [1.165, 1.54) is 30.6 Å². The zero-order valence-corrected chi connectivity index (χ0v) is 16.8. The van der Waals surface area contributed by atoms with Crippen LogP contribution in [0.5, 0.6) is 0 Å². The van der Waals surface area contributed by atoms with Crippen LogP contribution in [0.15, 0.2) is 35.3 Å². The molecule has 0 amide bonds. The Kier molecular flexibility index (Phi) is 9.95. The van der Waals surface area contributed by atoms with Crippen molar-refractivity contribution in [1.82, 2.24) is 10.2 Å². The summed E-state index contributed by atoms with van der Waals surface area (Å²) in [7, 11) is 1.89. The molecule has 0 bridgehead atoms. The van der Waals surface area contributed by atoms with Crippen molar-refractivity contribution < 1.29 is 0 Å². The summed E-state index contributed by atoms with van der Waals surface area (Å²) in [6.45, 7) is 3.27. The fourth-order valence-electron chi connectivity index (χ4n) is 2.89. The molecule has 1 aliphatic rings. The smallest absolute Gasteiger partial charge is 0.193 e. The van der Waals surface area contributed by atoms with Crippen LogP contribution in [0.3, 0.4) is 0 Å². The minimum atomic E-state index is 0. The Hall–Kier alpha value is -0.430. The van der Waals surface area contributed by atoms with E-state index in [1.807, 2.05) is 18.8 Å². The van der Waals surface area contributed by atoms with Gasteiger partial charge in [-0.25, -0.2) is 0 Å². The summed E-state index contributed by atoms with van der Waals surface area (Å²) in [5, 5.41) is 3.49. The molecule has 1 heterocycles. The highest BCUT2D eigenvalue weighted by Crippen LogP contribution is 2.20. The molecule has 0 spiro atoms. The Morgan fingerprint density at radius 3 is 2.82 bits per heavy atom. The molecule has 1 aliphatic heterocycles. The van der Waals surface area contributed by atoms with Gasteiger partial charge >= 0.3 is 0 Å². The first-order valence-electron chi connectivity index (χ1n) is 7.82. The van der Waals surface area contributed by atoms with Gasteiger partial charge in [-0.05, 0) is 42.8 Å². The lowest BCUT2D eigenvalue weighted by Crippen LogP contribution is -2.40. The van der Waals surface area contributed by atoms with Gasteiger partial charge in [0.15, 0.2) is 5.96 Å². The molecule has 22 heavy (non-hydrogen) atoms. The van der Waals surface area contributed by atoms with Crippen molar-refractivity contribution in [1.29, 1.82) is 0 Å². The van der Waals surface area contributed by atoms with E-state index in [0.717, 1.165) is 31.5 Å². The van der Waals surface area contributed by atoms with E-state index >= 15 is 0 Å². The number of benzene rings is 1. The van der Waals surface area contributed by atoms with E-state index in [-0.39, 0.29) is 24.0 Å². The predicted molar refractivity (Wildman–Crippen MR) is 110 cm³/mol. The van der Waals surface area contributed by atoms with E-state index in [0.29, 0.717) is 0 Å². The summed E-state index contributed by atoms with van der Waals surface area (Å²) in [4.78, 5) is 6.84. The van der Waals surface area contributed by atoms with Crippen molar-refractivity contribution in [3.8, 4) is 0 Å². The first-order chi connectivity index (χ1) is 10.3. The number of halogens is 1. The highest BCUT2D eigenvalue weighted by atomic mass is 127. The number of likely N-dealkylation sites (tertiary alicyclic amines) is 1. The largest absolute Gasteiger partial charge is 0.356 e. The summed E-state index contributed by atoms with van der Waals surface area (Å²) in [6.07, 6.45) is 5.80. The zero-order chi connectivity index (χ0) is 14.9. The van der Waals surface area contributed by atoms with Gasteiger partial charge in [-0.15, -0.1) is 24.0 Å². The number of hydrogen-bond donors (Lipinski definition) is 1. The Labute approximate surface area is 156 Å². The van der Waals surface area contributed by atoms with Crippen molar-refractivity contribution in [3.05, 3.63) is 35.9 Å². The van der Waals surface area contributed by atoms with Crippen LogP contribution < -0.4 is 5.32 Å². The van der Waals surface area contributed by atoms with Gasteiger partial charge in [0, 0.05) is 26.7 Å². The fraction of sp³-hybridized carbons (Fsp3) is 0.588. The average molecular weight is 433 g/mol. The number of thioether (sulfide) groups is 1. The molecular weight excluding hydrogens is 405 g/mol. The summed E-state index contributed by atoms with van der Waals surface area (Å²) < 4.78 is 0. The van der Waals surface area contributed by atoms with E-state index in [9.17, 15) is 0 Å². The van der Waals surface area contributed by atoms with E-state index < -0.39 is 0 Å². The number of hydrogen-bond acceptors (Lipinski definition) is 2. The number of aliphatic imine (C=N–C) groups is 1. The summed E-state index contributed by atoms with van der Waals surface area (Å²) >= 11 is 1.90. The van der Waals surface area contributed by atoms with Gasteiger partial charge in [0.2, 0.25) is 0 Å². The monoisotopic (exact) mass is 433 g/mol. The maximum Gasteiger partial charge on any atom is 0.193 e. The molecule has 1 fully saturated rings. The average Bonchev–Trinajstić information content (AvgIpc) is 2.97. The van der Waals surface area contributed by atoms with Crippen molar-refractivity contribution in [2.24, 2.45) is 10.9 Å². The van der Waals surface area contributed by atoms with Crippen LogP contribution in [0.25, 0.3) is 0 Å². The predicted octanol–water partition coefficient (Wildman–Crippen LogP) is 3.50. The molecular formula is C17H28IN3S. The van der Waals surface area contributed by atoms with Gasteiger partial charge in [0.05, 0.1) is 0 Å². The molecule has 0 radical (unpaired) electrons. The normalized spacial score (nSPS) is 18.2. The zero-order valence-electron chi connectivity index (χ0n) is 13.6. The van der Waals surface area contributed by atoms with Crippen molar-refractivity contribution in [2.75, 3.05) is 38.7 Å². The minimum absolute atomic E-state index is 0. The van der Waals surface area contributed by atoms with Crippen molar-refractivity contribution >= 4 is 41.7 Å². The lowest BCUT2D eigenvalue weighted by Gasteiger charge is -2.21. The molecule has 1 N–H and O–H groups in total. The topological polar surface area (TPSA) is 27.6 Å². The molecule has 5 heteroatoms. The molecule has 124 valence electrons. The van der Waals surface area contributed by atoms with Gasteiger partial charge < -0.3 is 10.2 Å². The molecule has 0 aliphatic carbocycles. The lowest BCUT2D eigenvalue weighted by atomic mass is 9.99. The standard InChI is InChI=1S/C17H27N3S.HI/c1-18-17(19-10-6-12-21-2)20-11-9-16(14-20)13-15-7-4-3-5-8-15;/h3-5,7-8,16H,6,9-14H2,1-2H3,(H,18,19);1H. The van der Waals surface area contributed by atoms with E-state index in [1.54, 1.807) is 0 Å². The molecule has 1 aromatic carbocycles. The van der Waals surface area contributed by atoms with Crippen LogP contribution in [0, 0.1) is 5.92 Å². The van der Waals surface area contributed by atoms with Gasteiger partial charge in [-0.3, -0.25) is 4.99 Å². The van der Waals surface area contributed by atoms with Crippen molar-refractivity contribution in [3.63, 3.8) is 0 Å². The Balaban J connectivity index is 0.00000242. The SMILES string of the molecule is CN=C(NCCCSC)N1CCC(Cc2ccccc2)C1.I. The number of guanidine groups is 1. The number of rotatable bonds is 6. The molecule has 1 unspecified atom stereocenters. The highest BCUT2D eigenvalue weighted by Gasteiger charge is 2.24. The third-order valence-electron chi connectivity index (χ3n) is 3.97. The molecule has 2 rings (SSSR count). The van der Waals surface area contributed by atoms with Gasteiger partial charge in [0.25, 0.3) is 0 Å². The summed E-state index contributed by atoms with van der Waals surface area (Å²) in [5.74, 6) is 3.03. The summed E-state index contributed by atoms with van der Waals surface area (Å²) in [5.41, 5.74) is 1.45. The lowest BCUT2D eigenvalue weighted by molar-refractivity contribution is 0.460. The van der Waals surface area contributed by atoms with Crippen LogP contribution in [0.2, 0.25) is 0 Å². The Bertz CT molecular complexity index is 439. The van der Waals surface area contributed by atoms with Crippen LogP contribution in [0.1, 0.15) is 18.4 Å². The third-order valence-corrected chi connectivity index (χ3v) is 4.67. The fourth-order valence-corrected chi connectivity index (χ4v) is 3.32. The second-order valence-corrected chi connectivity index (χ2v) is 6.60. The molecule has 1 saturated heterocycles. The maximum atomic E-state index is 4.43. The van der Waals surface area contributed by atoms with Crippen LogP contribution in [-0.2, 0) is 6.42 Å². The molecule has 1 aromatic rings. The van der Waals surface area contributed by atoms with Gasteiger partial charge in [0.1, 0.15) is 0 Å². The van der Waals surface area contributed by atoms with Crippen LogP contribution >= 0.6 is 35.7 Å². The van der Waals surface area contributed by atoms with Gasteiger partial charge in [-0.1, -0.05) is 30.3 Å². The van der Waals surface area contributed by atoms with Crippen LogP contribution in [-0.4, -0.2) is 49.6 Å². The van der Waals surface area contributed by atoms with Crippen molar-refractivity contribution in [2.45, 2.75) is 19.3 Å². The number of nitrogens with zero attached hydrogens (tertiary/aromatic N) is 2. The quantitative estimate of drug-likeness (QED) is 0.322. The minimum Gasteiger partial charge on any atom is -0.356 e. The van der Waals surface area contributed by atoms with Crippen LogP contribution in [0.4, 0.5) is 0 Å². The molecule has 1 atom stereocenters. The van der Waals surface area contributed by atoms with E-state index in [4.69, 9.17) is 0 Å². The maximum absolute atomic E-state index is 4.43. The second-order valence-electron chi connectivity index (χ2n) is 5.61. The molecule has 0 saturated carbocycles. The number of nitrogens with one attached hydrogen (secondary N) is 1. The highest BCUT2D eigenvalue weighted by molar-refractivity contribution is 14.0. The van der Waals surface area contributed by atoms with E-state index in [2.05, 4.69) is 51.8 Å². The molecule has 3 nitrogen and oxygen atoms in total. The molecule has 0 aromatic heterocycles. The first kappa shape index (κ1) is 19.6. The second kappa shape index (κ2) is 11.2.